The summed E-state index contributed by atoms with van der Waals surface area (Å²) in [5.74, 6) is 0.563. The van der Waals surface area contributed by atoms with E-state index >= 15 is 0 Å². The highest BCUT2D eigenvalue weighted by molar-refractivity contribution is 5.84. The minimum absolute atomic E-state index is 0.0756. The van der Waals surface area contributed by atoms with E-state index in [9.17, 15) is 14.7 Å². The third-order valence-corrected chi connectivity index (χ3v) is 4.77. The van der Waals surface area contributed by atoms with E-state index in [2.05, 4.69) is 15.5 Å². The van der Waals surface area contributed by atoms with Gasteiger partial charge in [0, 0.05) is 18.8 Å². The van der Waals surface area contributed by atoms with Gasteiger partial charge in [0.2, 0.25) is 11.8 Å². The molecule has 0 saturated heterocycles. The van der Waals surface area contributed by atoms with Gasteiger partial charge in [-0.15, -0.1) is 0 Å². The van der Waals surface area contributed by atoms with Crippen LogP contribution in [-0.2, 0) is 16.0 Å². The van der Waals surface area contributed by atoms with Gasteiger partial charge in [-0.3, -0.25) is 4.79 Å². The van der Waals surface area contributed by atoms with Crippen LogP contribution in [0.4, 0.5) is 0 Å². The van der Waals surface area contributed by atoms with Crippen LogP contribution in [0.1, 0.15) is 61.3 Å². The van der Waals surface area contributed by atoms with Crippen LogP contribution >= 0.6 is 0 Å². The molecule has 0 aliphatic heterocycles. The molecule has 1 atom stereocenters. The zero-order chi connectivity index (χ0) is 19.2. The number of ether oxygens (including phenoxy) is 1. The van der Waals surface area contributed by atoms with Crippen molar-refractivity contribution in [1.82, 2.24) is 15.5 Å². The molecule has 1 aromatic heterocycles. The minimum Gasteiger partial charge on any atom is -0.497 e. The van der Waals surface area contributed by atoms with Gasteiger partial charge in [-0.25, -0.2) is 4.79 Å². The zero-order valence-electron chi connectivity index (χ0n) is 15.2. The summed E-state index contributed by atoms with van der Waals surface area (Å²) in [6, 6.07) is 5.41. The molecule has 1 saturated carbocycles. The summed E-state index contributed by atoms with van der Waals surface area (Å²) in [6.07, 6.45) is 4.85. The number of nitrogens with one attached hydrogen (secondary N) is 1. The van der Waals surface area contributed by atoms with E-state index in [1.54, 1.807) is 24.3 Å². The summed E-state index contributed by atoms with van der Waals surface area (Å²) in [4.78, 5) is 28.1. The Morgan fingerprint density at radius 2 is 2.00 bits per heavy atom. The van der Waals surface area contributed by atoms with E-state index in [1.807, 2.05) is 0 Å². The molecule has 2 aromatic rings. The Labute approximate surface area is 156 Å². The summed E-state index contributed by atoms with van der Waals surface area (Å²) in [5, 5.41) is 16.0. The second-order valence-corrected chi connectivity index (χ2v) is 6.64. The number of hydrogen-bond donors (Lipinski definition) is 2. The molecule has 1 heterocycles. The molecule has 3 rings (SSSR count). The third-order valence-electron chi connectivity index (χ3n) is 4.77. The van der Waals surface area contributed by atoms with Crippen LogP contribution in [0.25, 0.3) is 0 Å². The molecule has 0 radical (unpaired) electrons. The second kappa shape index (κ2) is 8.66. The molecule has 1 unspecified atom stereocenters. The first-order chi connectivity index (χ1) is 13.1. The summed E-state index contributed by atoms with van der Waals surface area (Å²) >= 11 is 0. The quantitative estimate of drug-likeness (QED) is 0.731. The van der Waals surface area contributed by atoms with Crippen molar-refractivity contribution in [3.8, 4) is 5.75 Å². The predicted molar refractivity (Wildman–Crippen MR) is 95.3 cm³/mol. The van der Waals surface area contributed by atoms with Crippen LogP contribution in [0.2, 0.25) is 0 Å². The Bertz CT molecular complexity index is 781. The molecule has 8 nitrogen and oxygen atoms in total. The molecule has 0 bridgehead atoms. The molecule has 1 fully saturated rings. The molecule has 1 aliphatic rings. The molecule has 2 N–H and O–H groups in total. The fourth-order valence-electron chi connectivity index (χ4n) is 3.26. The fraction of sp³-hybridized carbons (Fsp3) is 0.474. The number of carbonyl (C=O) groups is 2. The highest BCUT2D eigenvalue weighted by atomic mass is 16.5. The Hall–Kier alpha value is -2.90. The highest BCUT2D eigenvalue weighted by Gasteiger charge is 2.24. The Morgan fingerprint density at radius 3 is 2.63 bits per heavy atom. The molecule has 1 amide bonds. The van der Waals surface area contributed by atoms with E-state index in [-0.39, 0.29) is 18.7 Å². The predicted octanol–water partition coefficient (Wildman–Crippen LogP) is 2.61. The number of amides is 1. The van der Waals surface area contributed by atoms with Gasteiger partial charge in [-0.2, -0.15) is 4.98 Å². The van der Waals surface area contributed by atoms with Crippen LogP contribution in [0, 0.1) is 0 Å². The Kier molecular flexibility index (Phi) is 6.05. The Morgan fingerprint density at radius 1 is 1.30 bits per heavy atom. The number of carboxylic acid groups (broad SMARTS) is 1. The van der Waals surface area contributed by atoms with E-state index in [0.29, 0.717) is 28.9 Å². The average Bonchev–Trinajstić information content (AvgIpc) is 3.35. The maximum Gasteiger partial charge on any atom is 0.330 e. The van der Waals surface area contributed by atoms with Crippen molar-refractivity contribution in [3.63, 3.8) is 0 Å². The van der Waals surface area contributed by atoms with Crippen LogP contribution < -0.4 is 10.1 Å². The third kappa shape index (κ3) is 4.84. The molecular formula is C19H23N3O5. The number of aryl methyl sites for hydroxylation is 1. The standard InChI is InChI=1S/C19H23N3O5/c1-26-14-8-6-12(7-9-14)17(19(24)25)20-15(23)10-11-16-21-18(22-27-16)13-4-2-3-5-13/h6-9,13,17H,2-5,10-11H2,1H3,(H,20,23)(H,24,25). The monoisotopic (exact) mass is 373 g/mol. The molecule has 1 aromatic carbocycles. The molecule has 8 heteroatoms. The SMILES string of the molecule is COc1ccc(C(NC(=O)CCc2nc(C3CCCC3)no2)C(=O)O)cc1. The molecule has 144 valence electrons. The van der Waals surface area contributed by atoms with E-state index in [0.717, 1.165) is 12.8 Å². The lowest BCUT2D eigenvalue weighted by atomic mass is 10.1. The maximum absolute atomic E-state index is 12.2. The minimum atomic E-state index is -1.13. The summed E-state index contributed by atoms with van der Waals surface area (Å²) in [6.45, 7) is 0. The number of benzene rings is 1. The van der Waals surface area contributed by atoms with Gasteiger partial charge in [-0.05, 0) is 30.5 Å². The number of methoxy groups -OCH3 is 1. The van der Waals surface area contributed by atoms with Gasteiger partial charge in [-0.1, -0.05) is 30.1 Å². The van der Waals surface area contributed by atoms with Crippen LogP contribution in [0.15, 0.2) is 28.8 Å². The van der Waals surface area contributed by atoms with Crippen LogP contribution in [-0.4, -0.2) is 34.2 Å². The fourth-order valence-corrected chi connectivity index (χ4v) is 3.26. The lowest BCUT2D eigenvalue weighted by Crippen LogP contribution is -2.33. The number of aliphatic carboxylic acids is 1. The summed E-state index contributed by atoms with van der Waals surface area (Å²) in [5.41, 5.74) is 0.470. The number of hydrogen-bond acceptors (Lipinski definition) is 6. The number of carboxylic acids is 1. The topological polar surface area (TPSA) is 115 Å². The first-order valence-corrected chi connectivity index (χ1v) is 9.05. The first-order valence-electron chi connectivity index (χ1n) is 9.05. The number of aromatic nitrogens is 2. The van der Waals surface area contributed by atoms with Crippen molar-refractivity contribution in [2.75, 3.05) is 7.11 Å². The molecule has 0 spiro atoms. The Balaban J connectivity index is 1.55. The highest BCUT2D eigenvalue weighted by Crippen LogP contribution is 2.32. The van der Waals surface area contributed by atoms with Crippen molar-refractivity contribution < 1.29 is 24.0 Å². The lowest BCUT2D eigenvalue weighted by molar-refractivity contribution is -0.142. The summed E-state index contributed by atoms with van der Waals surface area (Å²) in [7, 11) is 1.53. The van der Waals surface area contributed by atoms with Crippen LogP contribution in [0.3, 0.4) is 0 Å². The van der Waals surface area contributed by atoms with Gasteiger partial charge < -0.3 is 19.7 Å². The lowest BCUT2D eigenvalue weighted by Gasteiger charge is -2.15. The van der Waals surface area contributed by atoms with Crippen molar-refractivity contribution in [2.24, 2.45) is 0 Å². The summed E-state index contributed by atoms with van der Waals surface area (Å²) < 4.78 is 10.3. The normalized spacial score (nSPS) is 15.4. The smallest absolute Gasteiger partial charge is 0.330 e. The van der Waals surface area contributed by atoms with E-state index in [4.69, 9.17) is 9.26 Å². The molecule has 27 heavy (non-hydrogen) atoms. The van der Waals surface area contributed by atoms with Gasteiger partial charge in [0.25, 0.3) is 0 Å². The van der Waals surface area contributed by atoms with Crippen LogP contribution in [0.5, 0.6) is 5.75 Å². The van der Waals surface area contributed by atoms with Gasteiger partial charge in [0.05, 0.1) is 7.11 Å². The van der Waals surface area contributed by atoms with Gasteiger partial charge in [0.15, 0.2) is 11.9 Å². The average molecular weight is 373 g/mol. The van der Waals surface area contributed by atoms with Crippen molar-refractivity contribution in [2.45, 2.75) is 50.5 Å². The number of carbonyl (C=O) groups excluding carboxylic acids is 1. The molecule has 1 aliphatic carbocycles. The number of rotatable bonds is 8. The molecular weight excluding hydrogens is 350 g/mol. The van der Waals surface area contributed by atoms with Gasteiger partial charge >= 0.3 is 5.97 Å². The van der Waals surface area contributed by atoms with Crippen molar-refractivity contribution in [3.05, 3.63) is 41.5 Å². The van der Waals surface area contributed by atoms with E-state index in [1.165, 1.54) is 20.0 Å². The van der Waals surface area contributed by atoms with Gasteiger partial charge in [0.1, 0.15) is 5.75 Å². The number of nitrogens with zero attached hydrogens (tertiary/aromatic N) is 2. The first kappa shape index (κ1) is 18.9. The van der Waals surface area contributed by atoms with Crippen molar-refractivity contribution >= 4 is 11.9 Å². The zero-order valence-corrected chi connectivity index (χ0v) is 15.2. The largest absolute Gasteiger partial charge is 0.497 e. The van der Waals surface area contributed by atoms with Crippen molar-refractivity contribution in [1.29, 1.82) is 0 Å². The maximum atomic E-state index is 12.2. The van der Waals surface area contributed by atoms with E-state index < -0.39 is 12.0 Å². The second-order valence-electron chi connectivity index (χ2n) is 6.64.